The summed E-state index contributed by atoms with van der Waals surface area (Å²) >= 11 is 0. The highest BCUT2D eigenvalue weighted by atomic mass is 15.1. The SMILES string of the molecule is CNCCN(C)CC1CCC(C(C)(C)C)CC1. The van der Waals surface area contributed by atoms with E-state index in [2.05, 4.69) is 38.0 Å². The van der Waals surface area contributed by atoms with E-state index in [0.717, 1.165) is 18.4 Å². The molecule has 1 N–H and O–H groups in total. The van der Waals surface area contributed by atoms with Gasteiger partial charge in [-0.3, -0.25) is 0 Å². The van der Waals surface area contributed by atoms with Crippen molar-refractivity contribution in [3.05, 3.63) is 0 Å². The van der Waals surface area contributed by atoms with Gasteiger partial charge in [-0.05, 0) is 57.0 Å². The second-order valence-corrected chi connectivity index (χ2v) is 6.95. The van der Waals surface area contributed by atoms with Gasteiger partial charge in [0.25, 0.3) is 0 Å². The molecular formula is C15H32N2. The third kappa shape index (κ3) is 5.39. The number of hydrogen-bond donors (Lipinski definition) is 1. The van der Waals surface area contributed by atoms with Gasteiger partial charge < -0.3 is 10.2 Å². The molecule has 2 nitrogen and oxygen atoms in total. The summed E-state index contributed by atoms with van der Waals surface area (Å²) < 4.78 is 0. The van der Waals surface area contributed by atoms with Gasteiger partial charge in [0, 0.05) is 19.6 Å². The van der Waals surface area contributed by atoms with Gasteiger partial charge in [0.2, 0.25) is 0 Å². The van der Waals surface area contributed by atoms with E-state index < -0.39 is 0 Å². The van der Waals surface area contributed by atoms with Crippen LogP contribution in [-0.4, -0.2) is 38.6 Å². The summed E-state index contributed by atoms with van der Waals surface area (Å²) in [5, 5.41) is 3.22. The molecule has 0 heterocycles. The van der Waals surface area contributed by atoms with E-state index in [9.17, 15) is 0 Å². The van der Waals surface area contributed by atoms with Crippen LogP contribution < -0.4 is 5.32 Å². The summed E-state index contributed by atoms with van der Waals surface area (Å²) in [5.41, 5.74) is 0.517. The topological polar surface area (TPSA) is 15.3 Å². The van der Waals surface area contributed by atoms with Gasteiger partial charge in [-0.25, -0.2) is 0 Å². The summed E-state index contributed by atoms with van der Waals surface area (Å²) in [6.07, 6.45) is 5.75. The minimum Gasteiger partial charge on any atom is -0.318 e. The van der Waals surface area contributed by atoms with E-state index in [1.165, 1.54) is 38.8 Å². The Labute approximate surface area is 108 Å². The lowest BCUT2D eigenvalue weighted by molar-refractivity contribution is 0.131. The van der Waals surface area contributed by atoms with Gasteiger partial charge in [-0.1, -0.05) is 20.8 Å². The van der Waals surface area contributed by atoms with E-state index in [-0.39, 0.29) is 0 Å². The predicted molar refractivity (Wildman–Crippen MR) is 76.3 cm³/mol. The van der Waals surface area contributed by atoms with Crippen LogP contribution in [0, 0.1) is 17.3 Å². The molecule has 17 heavy (non-hydrogen) atoms. The molecule has 0 spiro atoms. The van der Waals surface area contributed by atoms with Crippen LogP contribution in [0.25, 0.3) is 0 Å². The maximum atomic E-state index is 3.22. The van der Waals surface area contributed by atoms with Crippen molar-refractivity contribution in [3.8, 4) is 0 Å². The highest BCUT2D eigenvalue weighted by Gasteiger charge is 2.29. The fourth-order valence-electron chi connectivity index (χ4n) is 3.05. The molecule has 1 aliphatic rings. The maximum Gasteiger partial charge on any atom is 0.0104 e. The first kappa shape index (κ1) is 15.0. The molecule has 0 amide bonds. The minimum absolute atomic E-state index is 0.517. The molecule has 0 aromatic rings. The van der Waals surface area contributed by atoms with Gasteiger partial charge in [-0.15, -0.1) is 0 Å². The third-order valence-corrected chi connectivity index (χ3v) is 4.38. The Morgan fingerprint density at radius 1 is 1.12 bits per heavy atom. The Hall–Kier alpha value is -0.0800. The van der Waals surface area contributed by atoms with Gasteiger partial charge >= 0.3 is 0 Å². The Morgan fingerprint density at radius 2 is 1.71 bits per heavy atom. The van der Waals surface area contributed by atoms with Crippen molar-refractivity contribution in [1.82, 2.24) is 10.2 Å². The molecule has 1 fully saturated rings. The monoisotopic (exact) mass is 240 g/mol. The molecule has 0 bridgehead atoms. The Balaban J connectivity index is 2.23. The van der Waals surface area contributed by atoms with E-state index in [4.69, 9.17) is 0 Å². The number of hydrogen-bond acceptors (Lipinski definition) is 2. The fourth-order valence-corrected chi connectivity index (χ4v) is 3.05. The van der Waals surface area contributed by atoms with Crippen molar-refractivity contribution in [2.24, 2.45) is 17.3 Å². The molecule has 0 atom stereocenters. The molecule has 0 aromatic heterocycles. The molecule has 1 saturated carbocycles. The average Bonchev–Trinajstić information content (AvgIpc) is 2.26. The first-order valence-corrected chi connectivity index (χ1v) is 7.26. The lowest BCUT2D eigenvalue weighted by Gasteiger charge is -2.38. The van der Waals surface area contributed by atoms with E-state index >= 15 is 0 Å². The highest BCUT2D eigenvalue weighted by Crippen LogP contribution is 2.39. The van der Waals surface area contributed by atoms with Crippen LogP contribution in [0.2, 0.25) is 0 Å². The maximum absolute atomic E-state index is 3.22. The first-order valence-electron chi connectivity index (χ1n) is 7.26. The second kappa shape index (κ2) is 6.75. The lowest BCUT2D eigenvalue weighted by atomic mass is 9.70. The van der Waals surface area contributed by atoms with Crippen LogP contribution in [0.4, 0.5) is 0 Å². The number of rotatable bonds is 5. The lowest BCUT2D eigenvalue weighted by Crippen LogP contribution is -2.34. The standard InChI is InChI=1S/C15H32N2/c1-15(2,3)14-8-6-13(7-9-14)12-17(5)11-10-16-4/h13-14,16H,6-12H2,1-5H3. The van der Waals surface area contributed by atoms with E-state index in [1.54, 1.807) is 0 Å². The van der Waals surface area contributed by atoms with E-state index in [0.29, 0.717) is 5.41 Å². The van der Waals surface area contributed by atoms with Crippen molar-refractivity contribution in [3.63, 3.8) is 0 Å². The molecule has 0 radical (unpaired) electrons. The second-order valence-electron chi connectivity index (χ2n) is 6.95. The van der Waals surface area contributed by atoms with Crippen molar-refractivity contribution in [1.29, 1.82) is 0 Å². The van der Waals surface area contributed by atoms with Crippen LogP contribution in [0.3, 0.4) is 0 Å². The molecule has 0 unspecified atom stereocenters. The van der Waals surface area contributed by atoms with E-state index in [1.807, 2.05) is 7.05 Å². The summed E-state index contributed by atoms with van der Waals surface area (Å²) in [4.78, 5) is 2.48. The fraction of sp³-hybridized carbons (Fsp3) is 1.00. The quantitative estimate of drug-likeness (QED) is 0.795. The Bertz CT molecular complexity index is 199. The number of likely N-dealkylation sites (N-methyl/N-ethyl adjacent to an activating group) is 2. The zero-order valence-electron chi connectivity index (χ0n) is 12.6. The smallest absolute Gasteiger partial charge is 0.0104 e. The van der Waals surface area contributed by atoms with Gasteiger partial charge in [-0.2, -0.15) is 0 Å². The summed E-state index contributed by atoms with van der Waals surface area (Å²) in [5.74, 6) is 1.89. The summed E-state index contributed by atoms with van der Waals surface area (Å²) in [6, 6.07) is 0. The first-order chi connectivity index (χ1) is 7.93. The molecule has 0 aromatic carbocycles. The molecule has 1 aliphatic carbocycles. The van der Waals surface area contributed by atoms with Crippen LogP contribution >= 0.6 is 0 Å². The van der Waals surface area contributed by atoms with Gasteiger partial charge in [0.15, 0.2) is 0 Å². The number of nitrogens with one attached hydrogen (secondary N) is 1. The summed E-state index contributed by atoms with van der Waals surface area (Å²) in [7, 11) is 4.29. The molecule has 0 saturated heterocycles. The van der Waals surface area contributed by atoms with Crippen molar-refractivity contribution in [2.75, 3.05) is 33.7 Å². The number of nitrogens with zero attached hydrogens (tertiary/aromatic N) is 1. The van der Waals surface area contributed by atoms with Crippen LogP contribution in [0.5, 0.6) is 0 Å². The molecule has 102 valence electrons. The van der Waals surface area contributed by atoms with Crippen LogP contribution in [0.1, 0.15) is 46.5 Å². The largest absolute Gasteiger partial charge is 0.318 e. The van der Waals surface area contributed by atoms with Crippen molar-refractivity contribution < 1.29 is 0 Å². The molecule has 2 heteroatoms. The predicted octanol–water partition coefficient (Wildman–Crippen LogP) is 2.99. The van der Waals surface area contributed by atoms with Gasteiger partial charge in [0.05, 0.1) is 0 Å². The van der Waals surface area contributed by atoms with Crippen LogP contribution in [0.15, 0.2) is 0 Å². The molecular weight excluding hydrogens is 208 g/mol. The zero-order valence-corrected chi connectivity index (χ0v) is 12.6. The third-order valence-electron chi connectivity index (χ3n) is 4.38. The molecule has 1 rings (SSSR count). The molecule has 0 aliphatic heterocycles. The summed E-state index contributed by atoms with van der Waals surface area (Å²) in [6.45, 7) is 10.8. The average molecular weight is 240 g/mol. The van der Waals surface area contributed by atoms with Crippen molar-refractivity contribution in [2.45, 2.75) is 46.5 Å². The zero-order chi connectivity index (χ0) is 12.9. The Morgan fingerprint density at radius 3 is 2.18 bits per heavy atom. The highest BCUT2D eigenvalue weighted by molar-refractivity contribution is 4.81. The normalized spacial score (nSPS) is 26.5. The minimum atomic E-state index is 0.517. The Kier molecular flexibility index (Phi) is 5.94. The van der Waals surface area contributed by atoms with Crippen LogP contribution in [-0.2, 0) is 0 Å². The van der Waals surface area contributed by atoms with Crippen molar-refractivity contribution >= 4 is 0 Å². The van der Waals surface area contributed by atoms with Gasteiger partial charge in [0.1, 0.15) is 0 Å².